The van der Waals surface area contributed by atoms with Gasteiger partial charge >= 0.3 is 0 Å². The summed E-state index contributed by atoms with van der Waals surface area (Å²) in [4.78, 5) is 29.1. The summed E-state index contributed by atoms with van der Waals surface area (Å²) < 4.78 is 7.41. The predicted octanol–water partition coefficient (Wildman–Crippen LogP) is 1.53. The number of nitrogens with zero attached hydrogens (tertiary/aromatic N) is 6. The fourth-order valence-electron chi connectivity index (χ4n) is 3.15. The first-order valence-corrected chi connectivity index (χ1v) is 9.24. The molecule has 2 aromatic heterocycles. The second-order valence-corrected chi connectivity index (χ2v) is 6.55. The fraction of sp³-hybridized carbons (Fsp3) is 0.300. The van der Waals surface area contributed by atoms with Gasteiger partial charge in [-0.3, -0.25) is 9.36 Å². The molecule has 0 radical (unpaired) electrons. The van der Waals surface area contributed by atoms with E-state index < -0.39 is 0 Å². The van der Waals surface area contributed by atoms with E-state index in [4.69, 9.17) is 4.74 Å². The van der Waals surface area contributed by atoms with Crippen LogP contribution >= 0.6 is 0 Å². The van der Waals surface area contributed by atoms with E-state index in [-0.39, 0.29) is 12.5 Å². The van der Waals surface area contributed by atoms with Crippen LogP contribution in [-0.4, -0.2) is 63.1 Å². The summed E-state index contributed by atoms with van der Waals surface area (Å²) in [5, 5.41) is 0. The second kappa shape index (κ2) is 8.62. The van der Waals surface area contributed by atoms with Crippen molar-refractivity contribution in [2.75, 3.05) is 37.7 Å². The van der Waals surface area contributed by atoms with Crippen molar-refractivity contribution in [1.29, 1.82) is 0 Å². The van der Waals surface area contributed by atoms with E-state index in [2.05, 4.69) is 19.9 Å². The first-order chi connectivity index (χ1) is 13.8. The van der Waals surface area contributed by atoms with Crippen molar-refractivity contribution in [2.24, 2.45) is 0 Å². The lowest BCUT2D eigenvalue weighted by atomic mass is 10.2. The molecule has 28 heavy (non-hydrogen) atoms. The zero-order valence-corrected chi connectivity index (χ0v) is 15.5. The van der Waals surface area contributed by atoms with Crippen molar-refractivity contribution in [1.82, 2.24) is 24.4 Å². The highest BCUT2D eigenvalue weighted by Crippen LogP contribution is 2.16. The summed E-state index contributed by atoms with van der Waals surface area (Å²) in [6, 6.07) is 11.8. The Bertz CT molecular complexity index is 892. The number of imidazole rings is 1. The Morgan fingerprint density at radius 2 is 1.82 bits per heavy atom. The summed E-state index contributed by atoms with van der Waals surface area (Å²) in [6.07, 6.45) is 6.82. The van der Waals surface area contributed by atoms with Crippen LogP contribution in [0.3, 0.4) is 0 Å². The first kappa shape index (κ1) is 18.1. The van der Waals surface area contributed by atoms with Gasteiger partial charge < -0.3 is 14.5 Å². The summed E-state index contributed by atoms with van der Waals surface area (Å²) in [5.41, 5.74) is 1.07. The second-order valence-electron chi connectivity index (χ2n) is 6.55. The molecule has 144 valence electrons. The number of benzene rings is 1. The zero-order chi connectivity index (χ0) is 19.2. The monoisotopic (exact) mass is 378 g/mol. The molecule has 1 aliphatic heterocycles. The Balaban J connectivity index is 1.27. The molecular formula is C20H22N6O2. The number of anilines is 1. The molecule has 0 unspecified atom stereocenters. The molecule has 0 N–H and O–H groups in total. The molecule has 8 nitrogen and oxygen atoms in total. The van der Waals surface area contributed by atoms with Crippen LogP contribution in [0.15, 0.2) is 61.4 Å². The van der Waals surface area contributed by atoms with Gasteiger partial charge in [0, 0.05) is 44.6 Å². The summed E-state index contributed by atoms with van der Waals surface area (Å²) >= 11 is 0. The Kier molecular flexibility index (Phi) is 5.58. The predicted molar refractivity (Wildman–Crippen MR) is 104 cm³/mol. The molecule has 0 atom stereocenters. The number of hydrogen-bond acceptors (Lipinski definition) is 6. The number of rotatable bonds is 6. The molecule has 0 bridgehead atoms. The average Bonchev–Trinajstić information content (AvgIpc) is 3.30. The van der Waals surface area contributed by atoms with Crippen molar-refractivity contribution >= 4 is 11.7 Å². The number of amides is 1. The van der Waals surface area contributed by atoms with Gasteiger partial charge in [-0.05, 0) is 5.56 Å². The molecule has 1 amide bonds. The van der Waals surface area contributed by atoms with Crippen molar-refractivity contribution in [2.45, 2.75) is 6.61 Å². The van der Waals surface area contributed by atoms with Gasteiger partial charge in [0.05, 0.1) is 6.61 Å². The molecule has 0 saturated carbocycles. The van der Waals surface area contributed by atoms with E-state index >= 15 is 0 Å². The van der Waals surface area contributed by atoms with Crippen molar-refractivity contribution in [3.63, 3.8) is 0 Å². The van der Waals surface area contributed by atoms with Crippen molar-refractivity contribution in [3.05, 3.63) is 67.0 Å². The normalized spacial score (nSPS) is 14.3. The lowest BCUT2D eigenvalue weighted by molar-refractivity contribution is -0.136. The molecule has 8 heteroatoms. The molecule has 1 saturated heterocycles. The van der Waals surface area contributed by atoms with Crippen LogP contribution < -0.4 is 4.90 Å². The maximum absolute atomic E-state index is 12.4. The molecule has 3 aromatic rings. The fourth-order valence-corrected chi connectivity index (χ4v) is 3.15. The van der Waals surface area contributed by atoms with E-state index in [1.807, 2.05) is 52.1 Å². The van der Waals surface area contributed by atoms with E-state index in [9.17, 15) is 4.79 Å². The largest absolute Gasteiger partial charge is 0.367 e. The third-order valence-electron chi connectivity index (χ3n) is 4.70. The molecule has 1 aromatic carbocycles. The maximum atomic E-state index is 12.4. The standard InChI is InChI=1S/C20H22N6O2/c27-20(14-28-13-17-4-2-1-3-5-17)25-10-8-24(9-11-25)18-12-19(23-15-22-18)26-7-6-21-16-26/h1-7,12,15-16H,8-11,13-14H2. The van der Waals surface area contributed by atoms with Gasteiger partial charge in [0.15, 0.2) is 0 Å². The quantitative estimate of drug-likeness (QED) is 0.647. The average molecular weight is 378 g/mol. The summed E-state index contributed by atoms with van der Waals surface area (Å²) in [7, 11) is 0. The van der Waals surface area contributed by atoms with Crippen molar-refractivity contribution in [3.8, 4) is 5.82 Å². The van der Waals surface area contributed by atoms with Gasteiger partial charge in [0.25, 0.3) is 0 Å². The van der Waals surface area contributed by atoms with Gasteiger partial charge in [-0.1, -0.05) is 30.3 Å². The number of ether oxygens (including phenoxy) is 1. The number of carbonyl (C=O) groups excluding carboxylic acids is 1. The Hall–Kier alpha value is -3.26. The minimum atomic E-state index is 0.0253. The third-order valence-corrected chi connectivity index (χ3v) is 4.70. The van der Waals surface area contributed by atoms with Crippen LogP contribution in [0.25, 0.3) is 5.82 Å². The molecule has 3 heterocycles. The summed E-state index contributed by atoms with van der Waals surface area (Å²) in [5.74, 6) is 1.65. The molecule has 1 fully saturated rings. The Morgan fingerprint density at radius 1 is 1.04 bits per heavy atom. The van der Waals surface area contributed by atoms with Crippen LogP contribution in [0, 0.1) is 0 Å². The van der Waals surface area contributed by atoms with Gasteiger partial charge in [0.2, 0.25) is 5.91 Å². The van der Waals surface area contributed by atoms with E-state index in [0.29, 0.717) is 19.7 Å². The number of carbonyl (C=O) groups is 1. The SMILES string of the molecule is O=C(COCc1ccccc1)N1CCN(c2cc(-n3ccnc3)ncn2)CC1. The molecule has 4 rings (SSSR count). The van der Waals surface area contributed by atoms with Gasteiger partial charge in [-0.25, -0.2) is 15.0 Å². The highest BCUT2D eigenvalue weighted by molar-refractivity contribution is 5.77. The Labute approximate surface area is 163 Å². The van der Waals surface area contributed by atoms with E-state index in [1.165, 1.54) is 0 Å². The first-order valence-electron chi connectivity index (χ1n) is 9.24. The number of piperazine rings is 1. The van der Waals surface area contributed by atoms with Crippen LogP contribution in [-0.2, 0) is 16.1 Å². The van der Waals surface area contributed by atoms with Gasteiger partial charge in [0.1, 0.15) is 30.9 Å². The topological polar surface area (TPSA) is 76.4 Å². The van der Waals surface area contributed by atoms with Crippen LogP contribution in [0.4, 0.5) is 5.82 Å². The van der Waals surface area contributed by atoms with E-state index in [1.54, 1.807) is 18.9 Å². The molecule has 0 aliphatic carbocycles. The van der Waals surface area contributed by atoms with Gasteiger partial charge in [-0.15, -0.1) is 0 Å². The van der Waals surface area contributed by atoms with Gasteiger partial charge in [-0.2, -0.15) is 0 Å². The zero-order valence-electron chi connectivity index (χ0n) is 15.5. The lowest BCUT2D eigenvalue weighted by Crippen LogP contribution is -2.50. The molecular weight excluding hydrogens is 356 g/mol. The maximum Gasteiger partial charge on any atom is 0.248 e. The minimum absolute atomic E-state index is 0.0253. The molecule has 0 spiro atoms. The lowest BCUT2D eigenvalue weighted by Gasteiger charge is -2.35. The number of hydrogen-bond donors (Lipinski definition) is 0. The number of aromatic nitrogens is 4. The van der Waals surface area contributed by atoms with Crippen LogP contribution in [0.5, 0.6) is 0 Å². The Morgan fingerprint density at radius 3 is 2.57 bits per heavy atom. The van der Waals surface area contributed by atoms with Crippen molar-refractivity contribution < 1.29 is 9.53 Å². The third kappa shape index (κ3) is 4.34. The van der Waals surface area contributed by atoms with Crippen LogP contribution in [0.1, 0.15) is 5.56 Å². The van der Waals surface area contributed by atoms with E-state index in [0.717, 1.165) is 30.3 Å². The highest BCUT2D eigenvalue weighted by atomic mass is 16.5. The minimum Gasteiger partial charge on any atom is -0.367 e. The molecule has 1 aliphatic rings. The van der Waals surface area contributed by atoms with Crippen LogP contribution in [0.2, 0.25) is 0 Å². The smallest absolute Gasteiger partial charge is 0.248 e. The highest BCUT2D eigenvalue weighted by Gasteiger charge is 2.22. The summed E-state index contributed by atoms with van der Waals surface area (Å²) in [6.45, 7) is 3.31.